The zero-order chi connectivity index (χ0) is 18.8. The molecule has 5 heteroatoms. The first-order valence-corrected chi connectivity index (χ1v) is 9.57. The average molecular weight is 365 g/mol. The molecule has 142 valence electrons. The van der Waals surface area contributed by atoms with Crippen LogP contribution in [0.15, 0.2) is 48.8 Å². The van der Waals surface area contributed by atoms with E-state index in [0.717, 1.165) is 32.0 Å². The molecular weight excluding hydrogens is 338 g/mol. The molecule has 0 amide bonds. The monoisotopic (exact) mass is 365 g/mol. The molecule has 1 saturated heterocycles. The molecule has 4 rings (SSSR count). The summed E-state index contributed by atoms with van der Waals surface area (Å²) in [5.41, 5.74) is 2.49. The first-order valence-electron chi connectivity index (χ1n) is 9.57. The van der Waals surface area contributed by atoms with Gasteiger partial charge in [-0.1, -0.05) is 18.2 Å². The van der Waals surface area contributed by atoms with Gasteiger partial charge < -0.3 is 9.47 Å². The predicted molar refractivity (Wildman–Crippen MR) is 107 cm³/mol. The zero-order valence-electron chi connectivity index (χ0n) is 16.3. The van der Waals surface area contributed by atoms with Gasteiger partial charge in [0.1, 0.15) is 5.75 Å². The first-order chi connectivity index (χ1) is 13.1. The van der Waals surface area contributed by atoms with Gasteiger partial charge >= 0.3 is 0 Å². The van der Waals surface area contributed by atoms with Crippen LogP contribution in [-0.4, -0.2) is 41.5 Å². The van der Waals surface area contributed by atoms with E-state index in [2.05, 4.69) is 60.4 Å². The fraction of sp³-hybridized carbons (Fsp3) is 0.409. The summed E-state index contributed by atoms with van der Waals surface area (Å²) in [6, 6.07) is 13.1. The standard InChI is InChI=1S/C22H27N3O2/c1-16(2)25-14-17(12-23-25)13-24-8-9-27-22(15-24)20-5-4-19-11-21(26-3)7-6-18(19)10-20/h4-7,10-12,14,16,22H,8-9,13,15H2,1-3H3. The Hall–Kier alpha value is -2.37. The number of hydrogen-bond acceptors (Lipinski definition) is 4. The summed E-state index contributed by atoms with van der Waals surface area (Å²) in [4.78, 5) is 2.45. The Morgan fingerprint density at radius 1 is 1.19 bits per heavy atom. The number of aromatic nitrogens is 2. The lowest BCUT2D eigenvalue weighted by atomic mass is 10.0. The van der Waals surface area contributed by atoms with Gasteiger partial charge in [0, 0.05) is 37.4 Å². The number of rotatable bonds is 5. The molecule has 1 aromatic heterocycles. The minimum atomic E-state index is 0.102. The molecule has 0 spiro atoms. The second kappa shape index (κ2) is 7.71. The number of nitrogens with zero attached hydrogens (tertiary/aromatic N) is 3. The fourth-order valence-electron chi connectivity index (χ4n) is 3.62. The van der Waals surface area contributed by atoms with Gasteiger partial charge in [0.2, 0.25) is 0 Å². The molecule has 0 aliphatic carbocycles. The average Bonchev–Trinajstić information content (AvgIpc) is 3.16. The van der Waals surface area contributed by atoms with E-state index in [9.17, 15) is 0 Å². The summed E-state index contributed by atoms with van der Waals surface area (Å²) in [5, 5.41) is 6.86. The van der Waals surface area contributed by atoms with E-state index in [1.807, 2.05) is 16.9 Å². The SMILES string of the molecule is COc1ccc2cc(C3CN(Cc4cnn(C(C)C)c4)CCO3)ccc2c1. The smallest absolute Gasteiger partial charge is 0.119 e. The van der Waals surface area contributed by atoms with Crippen LogP contribution in [-0.2, 0) is 11.3 Å². The zero-order valence-corrected chi connectivity index (χ0v) is 16.3. The predicted octanol–water partition coefficient (Wildman–Crippen LogP) is 4.20. The van der Waals surface area contributed by atoms with Crippen molar-refractivity contribution in [3.05, 3.63) is 59.9 Å². The third-order valence-electron chi connectivity index (χ3n) is 5.18. The maximum absolute atomic E-state index is 6.08. The Balaban J connectivity index is 1.48. The van der Waals surface area contributed by atoms with Crippen molar-refractivity contribution < 1.29 is 9.47 Å². The van der Waals surface area contributed by atoms with Crippen molar-refractivity contribution in [3.63, 3.8) is 0 Å². The molecule has 2 heterocycles. The lowest BCUT2D eigenvalue weighted by Crippen LogP contribution is -2.37. The van der Waals surface area contributed by atoms with Crippen molar-refractivity contribution in [2.45, 2.75) is 32.5 Å². The molecule has 2 aromatic carbocycles. The van der Waals surface area contributed by atoms with Crippen molar-refractivity contribution in [1.29, 1.82) is 0 Å². The summed E-state index contributed by atoms with van der Waals surface area (Å²) >= 11 is 0. The van der Waals surface area contributed by atoms with E-state index in [4.69, 9.17) is 9.47 Å². The van der Waals surface area contributed by atoms with Crippen LogP contribution in [0.1, 0.15) is 37.1 Å². The summed E-state index contributed by atoms with van der Waals surface area (Å²) in [6.07, 6.45) is 4.23. The molecule has 1 aliphatic rings. The highest BCUT2D eigenvalue weighted by molar-refractivity contribution is 5.84. The maximum Gasteiger partial charge on any atom is 0.119 e. The number of benzene rings is 2. The molecule has 1 aliphatic heterocycles. The van der Waals surface area contributed by atoms with Crippen LogP contribution in [0, 0.1) is 0 Å². The molecule has 1 atom stereocenters. The molecule has 0 N–H and O–H groups in total. The van der Waals surface area contributed by atoms with E-state index in [-0.39, 0.29) is 6.10 Å². The second-order valence-electron chi connectivity index (χ2n) is 7.49. The third-order valence-corrected chi connectivity index (χ3v) is 5.18. The third kappa shape index (κ3) is 3.99. The Bertz CT molecular complexity index is 919. The first kappa shape index (κ1) is 18.0. The molecule has 0 bridgehead atoms. The van der Waals surface area contributed by atoms with Gasteiger partial charge in [0.05, 0.1) is 26.0 Å². The van der Waals surface area contributed by atoms with Gasteiger partial charge in [-0.25, -0.2) is 0 Å². The molecule has 0 saturated carbocycles. The van der Waals surface area contributed by atoms with Crippen LogP contribution in [0.3, 0.4) is 0 Å². The number of methoxy groups -OCH3 is 1. The molecule has 1 unspecified atom stereocenters. The van der Waals surface area contributed by atoms with Gasteiger partial charge in [-0.15, -0.1) is 0 Å². The molecular formula is C22H27N3O2. The molecule has 1 fully saturated rings. The summed E-state index contributed by atoms with van der Waals surface area (Å²) in [7, 11) is 1.70. The normalized spacial score (nSPS) is 18.3. The van der Waals surface area contributed by atoms with Crippen molar-refractivity contribution >= 4 is 10.8 Å². The number of morpholine rings is 1. The lowest BCUT2D eigenvalue weighted by Gasteiger charge is -2.33. The highest BCUT2D eigenvalue weighted by Gasteiger charge is 2.22. The Morgan fingerprint density at radius 3 is 2.78 bits per heavy atom. The van der Waals surface area contributed by atoms with Crippen molar-refractivity contribution in [1.82, 2.24) is 14.7 Å². The molecule has 5 nitrogen and oxygen atoms in total. The highest BCUT2D eigenvalue weighted by atomic mass is 16.5. The summed E-state index contributed by atoms with van der Waals surface area (Å²) < 4.78 is 13.4. The summed E-state index contributed by atoms with van der Waals surface area (Å²) in [6.45, 7) is 7.82. The Morgan fingerprint density at radius 2 is 2.00 bits per heavy atom. The van der Waals surface area contributed by atoms with E-state index in [1.54, 1.807) is 7.11 Å². The Kier molecular flexibility index (Phi) is 5.14. The summed E-state index contributed by atoms with van der Waals surface area (Å²) in [5.74, 6) is 0.886. The quantitative estimate of drug-likeness (QED) is 0.679. The van der Waals surface area contributed by atoms with Gasteiger partial charge in [-0.2, -0.15) is 5.10 Å². The van der Waals surface area contributed by atoms with Gasteiger partial charge in [-0.3, -0.25) is 9.58 Å². The van der Waals surface area contributed by atoms with Crippen LogP contribution in [0.4, 0.5) is 0 Å². The lowest BCUT2D eigenvalue weighted by molar-refractivity contribution is -0.0328. The second-order valence-corrected chi connectivity index (χ2v) is 7.49. The van der Waals surface area contributed by atoms with Crippen molar-refractivity contribution in [3.8, 4) is 5.75 Å². The van der Waals surface area contributed by atoms with E-state index < -0.39 is 0 Å². The van der Waals surface area contributed by atoms with E-state index in [0.29, 0.717) is 6.04 Å². The number of hydrogen-bond donors (Lipinski definition) is 0. The molecule has 3 aromatic rings. The number of ether oxygens (including phenoxy) is 2. The largest absolute Gasteiger partial charge is 0.497 e. The van der Waals surface area contributed by atoms with Gasteiger partial charge in [0.25, 0.3) is 0 Å². The van der Waals surface area contributed by atoms with E-state index in [1.165, 1.54) is 21.9 Å². The minimum absolute atomic E-state index is 0.102. The van der Waals surface area contributed by atoms with Crippen molar-refractivity contribution in [2.24, 2.45) is 0 Å². The highest BCUT2D eigenvalue weighted by Crippen LogP contribution is 2.28. The van der Waals surface area contributed by atoms with Crippen LogP contribution in [0.25, 0.3) is 10.8 Å². The molecule has 0 radical (unpaired) electrons. The van der Waals surface area contributed by atoms with Crippen LogP contribution in [0.5, 0.6) is 5.75 Å². The van der Waals surface area contributed by atoms with Gasteiger partial charge in [0.15, 0.2) is 0 Å². The maximum atomic E-state index is 6.08. The Labute approximate surface area is 160 Å². The van der Waals surface area contributed by atoms with Crippen LogP contribution < -0.4 is 4.74 Å². The molecule has 27 heavy (non-hydrogen) atoms. The van der Waals surface area contributed by atoms with Crippen LogP contribution in [0.2, 0.25) is 0 Å². The van der Waals surface area contributed by atoms with Crippen molar-refractivity contribution in [2.75, 3.05) is 26.8 Å². The topological polar surface area (TPSA) is 39.5 Å². The number of fused-ring (bicyclic) bond motifs is 1. The van der Waals surface area contributed by atoms with Crippen LogP contribution >= 0.6 is 0 Å². The fourth-order valence-corrected chi connectivity index (χ4v) is 3.62. The minimum Gasteiger partial charge on any atom is -0.497 e. The van der Waals surface area contributed by atoms with Gasteiger partial charge in [-0.05, 0) is 48.4 Å². The van der Waals surface area contributed by atoms with E-state index >= 15 is 0 Å².